The summed E-state index contributed by atoms with van der Waals surface area (Å²) in [6, 6.07) is 0.578. The average molecular weight is 208 g/mol. The van der Waals surface area contributed by atoms with Crippen LogP contribution in [0.15, 0.2) is 12.4 Å². The van der Waals surface area contributed by atoms with Gasteiger partial charge in [0.15, 0.2) is 0 Å². The Hall–Kier alpha value is -1.36. The third-order valence-electron chi connectivity index (χ3n) is 2.38. The van der Waals surface area contributed by atoms with Crippen LogP contribution in [0, 0.1) is 0 Å². The lowest BCUT2D eigenvalue weighted by Crippen LogP contribution is -2.34. The Morgan fingerprint density at radius 3 is 3.07 bits per heavy atom. The number of hydrogen-bond acceptors (Lipinski definition) is 3. The molecule has 82 valence electrons. The number of carbonyl (C=O) groups is 1. The molecule has 15 heavy (non-hydrogen) atoms. The molecule has 0 atom stereocenters. The van der Waals surface area contributed by atoms with Gasteiger partial charge in [-0.1, -0.05) is 0 Å². The third-order valence-corrected chi connectivity index (χ3v) is 2.38. The van der Waals surface area contributed by atoms with E-state index in [9.17, 15) is 4.79 Å². The van der Waals surface area contributed by atoms with Crippen molar-refractivity contribution >= 4 is 5.91 Å². The molecule has 0 aromatic carbocycles. The van der Waals surface area contributed by atoms with Gasteiger partial charge in [-0.05, 0) is 12.8 Å². The number of nitrogens with zero attached hydrogens (tertiary/aromatic N) is 2. The summed E-state index contributed by atoms with van der Waals surface area (Å²) in [5, 5.41) is 10.0. The topological polar surface area (TPSA) is 59.0 Å². The van der Waals surface area contributed by atoms with Gasteiger partial charge in [-0.3, -0.25) is 9.48 Å². The molecule has 0 unspecified atom stereocenters. The third kappa shape index (κ3) is 3.36. The van der Waals surface area contributed by atoms with Gasteiger partial charge in [-0.25, -0.2) is 0 Å². The summed E-state index contributed by atoms with van der Waals surface area (Å²) < 4.78 is 1.73. The lowest BCUT2D eigenvalue weighted by Gasteiger charge is -2.03. The molecule has 1 aromatic heterocycles. The van der Waals surface area contributed by atoms with Gasteiger partial charge in [0.2, 0.25) is 5.91 Å². The zero-order chi connectivity index (χ0) is 10.7. The standard InChI is InChI=1S/C10H16N4O/c1-14-7-8(5-13-14)4-12-10(15)6-11-9-2-3-9/h5,7,9,11H,2-4,6H2,1H3,(H,12,15). The molecule has 5 nitrogen and oxygen atoms in total. The lowest BCUT2D eigenvalue weighted by atomic mass is 10.3. The summed E-state index contributed by atoms with van der Waals surface area (Å²) in [6.45, 7) is 0.976. The summed E-state index contributed by atoms with van der Waals surface area (Å²) in [6.07, 6.45) is 6.06. The van der Waals surface area contributed by atoms with E-state index in [0.717, 1.165) is 5.56 Å². The Morgan fingerprint density at radius 2 is 2.47 bits per heavy atom. The highest BCUT2D eigenvalue weighted by Crippen LogP contribution is 2.17. The van der Waals surface area contributed by atoms with Crippen LogP contribution in [-0.2, 0) is 18.4 Å². The molecule has 0 saturated heterocycles. The van der Waals surface area contributed by atoms with Crippen molar-refractivity contribution < 1.29 is 4.79 Å². The summed E-state index contributed by atoms with van der Waals surface area (Å²) in [4.78, 5) is 11.4. The molecule has 2 N–H and O–H groups in total. The molecule has 1 aliphatic carbocycles. The van der Waals surface area contributed by atoms with Crippen LogP contribution < -0.4 is 10.6 Å². The second-order valence-electron chi connectivity index (χ2n) is 3.95. The Bertz CT molecular complexity index is 343. The highest BCUT2D eigenvalue weighted by molar-refractivity contribution is 5.78. The van der Waals surface area contributed by atoms with Crippen LogP contribution in [0.3, 0.4) is 0 Å². The maximum Gasteiger partial charge on any atom is 0.234 e. The first-order valence-corrected chi connectivity index (χ1v) is 5.21. The highest BCUT2D eigenvalue weighted by atomic mass is 16.1. The number of nitrogens with one attached hydrogen (secondary N) is 2. The Labute approximate surface area is 88.8 Å². The van der Waals surface area contributed by atoms with Crippen LogP contribution >= 0.6 is 0 Å². The van der Waals surface area contributed by atoms with E-state index in [1.54, 1.807) is 10.9 Å². The predicted octanol–water partition coefficient (Wildman–Crippen LogP) is -0.212. The minimum absolute atomic E-state index is 0.0470. The zero-order valence-electron chi connectivity index (χ0n) is 8.86. The number of amides is 1. The van der Waals surface area contributed by atoms with Gasteiger partial charge in [0.25, 0.3) is 0 Å². The van der Waals surface area contributed by atoms with E-state index in [2.05, 4.69) is 15.7 Å². The molecule has 1 fully saturated rings. The molecule has 5 heteroatoms. The molecule has 2 rings (SSSR count). The van der Waals surface area contributed by atoms with Crippen molar-refractivity contribution in [1.82, 2.24) is 20.4 Å². The predicted molar refractivity (Wildman–Crippen MR) is 56.1 cm³/mol. The molecule has 0 spiro atoms. The first-order chi connectivity index (χ1) is 7.24. The van der Waals surface area contributed by atoms with Crippen molar-refractivity contribution in [1.29, 1.82) is 0 Å². The number of rotatable bonds is 5. The number of aryl methyl sites for hydroxylation is 1. The van der Waals surface area contributed by atoms with Crippen LogP contribution in [0.5, 0.6) is 0 Å². The normalized spacial score (nSPS) is 15.3. The summed E-state index contributed by atoms with van der Waals surface area (Å²) in [5.74, 6) is 0.0470. The summed E-state index contributed by atoms with van der Waals surface area (Å²) >= 11 is 0. The minimum Gasteiger partial charge on any atom is -0.351 e. The molecule has 1 aliphatic rings. The SMILES string of the molecule is Cn1cc(CNC(=O)CNC2CC2)cn1. The molecule has 0 aliphatic heterocycles. The summed E-state index contributed by atoms with van der Waals surface area (Å²) in [5.41, 5.74) is 1.03. The Morgan fingerprint density at radius 1 is 1.67 bits per heavy atom. The molecular weight excluding hydrogens is 192 g/mol. The largest absolute Gasteiger partial charge is 0.351 e. The van der Waals surface area contributed by atoms with Gasteiger partial charge < -0.3 is 10.6 Å². The van der Waals surface area contributed by atoms with Crippen LogP contribution in [0.2, 0.25) is 0 Å². The fraction of sp³-hybridized carbons (Fsp3) is 0.600. The second-order valence-corrected chi connectivity index (χ2v) is 3.95. The van der Waals surface area contributed by atoms with Gasteiger partial charge in [0.05, 0.1) is 12.7 Å². The number of hydrogen-bond donors (Lipinski definition) is 2. The summed E-state index contributed by atoms with van der Waals surface area (Å²) in [7, 11) is 1.86. The van der Waals surface area contributed by atoms with Gasteiger partial charge in [0.1, 0.15) is 0 Å². The van der Waals surface area contributed by atoms with Crippen molar-refractivity contribution in [3.05, 3.63) is 18.0 Å². The zero-order valence-corrected chi connectivity index (χ0v) is 8.86. The fourth-order valence-corrected chi connectivity index (χ4v) is 1.35. The Balaban J connectivity index is 1.65. The lowest BCUT2D eigenvalue weighted by molar-refractivity contribution is -0.120. The van der Waals surface area contributed by atoms with Gasteiger partial charge in [-0.2, -0.15) is 5.10 Å². The van der Waals surface area contributed by atoms with Crippen molar-refractivity contribution in [3.63, 3.8) is 0 Å². The van der Waals surface area contributed by atoms with E-state index in [0.29, 0.717) is 19.1 Å². The number of carbonyl (C=O) groups excluding carboxylic acids is 1. The van der Waals surface area contributed by atoms with Gasteiger partial charge in [-0.15, -0.1) is 0 Å². The van der Waals surface area contributed by atoms with Crippen LogP contribution in [0.25, 0.3) is 0 Å². The van der Waals surface area contributed by atoms with Crippen molar-refractivity contribution in [2.45, 2.75) is 25.4 Å². The van der Waals surface area contributed by atoms with Crippen LogP contribution in [0.4, 0.5) is 0 Å². The van der Waals surface area contributed by atoms with E-state index in [4.69, 9.17) is 0 Å². The van der Waals surface area contributed by atoms with E-state index in [1.807, 2.05) is 13.2 Å². The van der Waals surface area contributed by atoms with Crippen LogP contribution in [0.1, 0.15) is 18.4 Å². The van der Waals surface area contributed by atoms with E-state index in [1.165, 1.54) is 12.8 Å². The van der Waals surface area contributed by atoms with E-state index < -0.39 is 0 Å². The van der Waals surface area contributed by atoms with E-state index in [-0.39, 0.29) is 5.91 Å². The fourth-order valence-electron chi connectivity index (χ4n) is 1.35. The maximum atomic E-state index is 11.4. The molecule has 0 radical (unpaired) electrons. The smallest absolute Gasteiger partial charge is 0.234 e. The monoisotopic (exact) mass is 208 g/mol. The Kier molecular flexibility index (Phi) is 3.01. The van der Waals surface area contributed by atoms with Crippen LogP contribution in [-0.4, -0.2) is 28.3 Å². The van der Waals surface area contributed by atoms with Gasteiger partial charge >= 0.3 is 0 Å². The quantitative estimate of drug-likeness (QED) is 0.704. The molecular formula is C10H16N4O. The van der Waals surface area contributed by atoms with Crippen molar-refractivity contribution in [3.8, 4) is 0 Å². The second kappa shape index (κ2) is 4.44. The average Bonchev–Trinajstić information content (AvgIpc) is 2.95. The molecule has 1 saturated carbocycles. The van der Waals surface area contributed by atoms with Crippen molar-refractivity contribution in [2.75, 3.05) is 6.54 Å². The van der Waals surface area contributed by atoms with Gasteiger partial charge in [0, 0.05) is 31.4 Å². The molecule has 1 amide bonds. The minimum atomic E-state index is 0.0470. The molecule has 0 bridgehead atoms. The molecule has 1 heterocycles. The maximum absolute atomic E-state index is 11.4. The van der Waals surface area contributed by atoms with E-state index >= 15 is 0 Å². The molecule has 1 aromatic rings. The van der Waals surface area contributed by atoms with Crippen molar-refractivity contribution in [2.24, 2.45) is 7.05 Å². The first-order valence-electron chi connectivity index (χ1n) is 5.21. The first kappa shape index (κ1) is 10.2. The number of aromatic nitrogens is 2. The highest BCUT2D eigenvalue weighted by Gasteiger charge is 2.20.